The van der Waals surface area contributed by atoms with Crippen LogP contribution < -0.4 is 10.2 Å². The molecule has 6 heteroatoms. The molecule has 1 heterocycles. The number of hydrogen-bond donors (Lipinski definition) is 1. The second-order valence-corrected chi connectivity index (χ2v) is 10.5. The molecule has 1 aliphatic heterocycles. The number of nitrogens with zero attached hydrogens (tertiary/aromatic N) is 1. The summed E-state index contributed by atoms with van der Waals surface area (Å²) in [4.78, 5) is 29.4. The number of halogens is 2. The molecule has 4 nitrogen and oxygen atoms in total. The molecular formula is C28H24BrFN2O2. The molecule has 3 aromatic carbocycles. The zero-order valence-corrected chi connectivity index (χ0v) is 20.5. The standard InChI is InChI=1S/C28H24BrFN2O2/c1-28(2)15-22-25(24(33)16-28)26(17-9-13-20(30)14-10-17)32(23-6-4-3-5-21(23)31-22)27(34)18-7-11-19(29)12-8-18/h3-14,26,31H,15-16H2,1-2H3. The quantitative estimate of drug-likeness (QED) is 0.395. The van der Waals surface area contributed by atoms with Crippen molar-refractivity contribution in [2.24, 2.45) is 5.41 Å². The van der Waals surface area contributed by atoms with E-state index in [-0.39, 0.29) is 22.9 Å². The minimum absolute atomic E-state index is 0.00510. The van der Waals surface area contributed by atoms with Crippen molar-refractivity contribution in [1.82, 2.24) is 0 Å². The molecule has 34 heavy (non-hydrogen) atoms. The van der Waals surface area contributed by atoms with Crippen LogP contribution in [0.15, 0.2) is 88.5 Å². The molecule has 1 atom stereocenters. The summed E-state index contributed by atoms with van der Waals surface area (Å²) in [6, 6.07) is 20.1. The van der Waals surface area contributed by atoms with Crippen LogP contribution in [-0.2, 0) is 4.79 Å². The van der Waals surface area contributed by atoms with E-state index in [0.717, 1.165) is 15.9 Å². The van der Waals surface area contributed by atoms with Crippen LogP contribution in [0.3, 0.4) is 0 Å². The van der Waals surface area contributed by atoms with Crippen molar-refractivity contribution < 1.29 is 14.0 Å². The number of rotatable bonds is 2. The maximum Gasteiger partial charge on any atom is 0.259 e. The van der Waals surface area contributed by atoms with E-state index < -0.39 is 6.04 Å². The number of para-hydroxylation sites is 2. The van der Waals surface area contributed by atoms with Gasteiger partial charge in [-0.15, -0.1) is 0 Å². The Bertz CT molecular complexity index is 1310. The van der Waals surface area contributed by atoms with Gasteiger partial charge < -0.3 is 5.32 Å². The fourth-order valence-corrected chi connectivity index (χ4v) is 5.17. The predicted octanol–water partition coefficient (Wildman–Crippen LogP) is 7.05. The van der Waals surface area contributed by atoms with E-state index >= 15 is 0 Å². The maximum absolute atomic E-state index is 14.1. The van der Waals surface area contributed by atoms with Gasteiger partial charge in [-0.1, -0.05) is 54.0 Å². The summed E-state index contributed by atoms with van der Waals surface area (Å²) in [7, 11) is 0. The molecular weight excluding hydrogens is 495 g/mol. The van der Waals surface area contributed by atoms with Gasteiger partial charge in [-0.3, -0.25) is 14.5 Å². The van der Waals surface area contributed by atoms with Gasteiger partial charge in [0, 0.05) is 27.7 Å². The van der Waals surface area contributed by atoms with Gasteiger partial charge in [-0.25, -0.2) is 4.39 Å². The first-order chi connectivity index (χ1) is 16.2. The first-order valence-electron chi connectivity index (χ1n) is 11.2. The third kappa shape index (κ3) is 4.07. The summed E-state index contributed by atoms with van der Waals surface area (Å²) in [6.07, 6.45) is 1.04. The van der Waals surface area contributed by atoms with Gasteiger partial charge in [0.05, 0.1) is 17.4 Å². The highest BCUT2D eigenvalue weighted by Gasteiger charge is 2.43. The highest BCUT2D eigenvalue weighted by molar-refractivity contribution is 9.10. The molecule has 0 saturated heterocycles. The second-order valence-electron chi connectivity index (χ2n) is 9.61. The van der Waals surface area contributed by atoms with E-state index in [0.29, 0.717) is 35.2 Å². The third-order valence-corrected chi connectivity index (χ3v) is 6.93. The Morgan fingerprint density at radius 1 is 1.00 bits per heavy atom. The van der Waals surface area contributed by atoms with Crippen LogP contribution in [0.1, 0.15) is 48.7 Å². The number of hydrogen-bond acceptors (Lipinski definition) is 3. The van der Waals surface area contributed by atoms with Crippen LogP contribution in [0.2, 0.25) is 0 Å². The van der Waals surface area contributed by atoms with Crippen LogP contribution in [0.25, 0.3) is 0 Å². The van der Waals surface area contributed by atoms with Crippen molar-refractivity contribution in [1.29, 1.82) is 0 Å². The normalized spacial score (nSPS) is 19.1. The highest BCUT2D eigenvalue weighted by Crippen LogP contribution is 2.48. The van der Waals surface area contributed by atoms with E-state index in [1.807, 2.05) is 36.4 Å². The van der Waals surface area contributed by atoms with Gasteiger partial charge in [0.1, 0.15) is 5.82 Å². The Labute approximate surface area is 206 Å². The van der Waals surface area contributed by atoms with Crippen molar-refractivity contribution in [2.75, 3.05) is 10.2 Å². The lowest BCUT2D eigenvalue weighted by Gasteiger charge is -2.37. The summed E-state index contributed by atoms with van der Waals surface area (Å²) >= 11 is 3.43. The van der Waals surface area contributed by atoms with E-state index in [2.05, 4.69) is 35.1 Å². The Kier molecular flexibility index (Phi) is 5.64. The number of anilines is 2. The number of fused-ring (bicyclic) bond motifs is 1. The van der Waals surface area contributed by atoms with Crippen molar-refractivity contribution >= 4 is 39.0 Å². The molecule has 0 spiro atoms. The average Bonchev–Trinajstić information content (AvgIpc) is 2.93. The largest absolute Gasteiger partial charge is 0.357 e. The lowest BCUT2D eigenvalue weighted by atomic mass is 9.73. The molecule has 1 N–H and O–H groups in total. The van der Waals surface area contributed by atoms with Gasteiger partial charge in [0.15, 0.2) is 5.78 Å². The molecule has 172 valence electrons. The Morgan fingerprint density at radius 2 is 1.68 bits per heavy atom. The smallest absolute Gasteiger partial charge is 0.259 e. The SMILES string of the molecule is CC1(C)CC(=O)C2=C(C1)Nc1ccccc1N(C(=O)c1ccc(Br)cc1)C2c1ccc(F)cc1. The van der Waals surface area contributed by atoms with Crippen molar-refractivity contribution in [3.05, 3.63) is 105 Å². The molecule has 1 unspecified atom stereocenters. The van der Waals surface area contributed by atoms with Crippen LogP contribution in [0, 0.1) is 11.2 Å². The van der Waals surface area contributed by atoms with Crippen molar-refractivity contribution in [2.45, 2.75) is 32.7 Å². The topological polar surface area (TPSA) is 49.4 Å². The van der Waals surface area contributed by atoms with Gasteiger partial charge in [-0.05, 0) is 65.9 Å². The Balaban J connectivity index is 1.78. The predicted molar refractivity (Wildman–Crippen MR) is 135 cm³/mol. The summed E-state index contributed by atoms with van der Waals surface area (Å²) in [5.74, 6) is -0.607. The third-order valence-electron chi connectivity index (χ3n) is 6.40. The number of benzene rings is 3. The Morgan fingerprint density at radius 3 is 2.38 bits per heavy atom. The number of ketones is 1. The summed E-state index contributed by atoms with van der Waals surface area (Å²) in [6.45, 7) is 4.15. The number of amides is 1. The van der Waals surface area contributed by atoms with E-state index in [9.17, 15) is 14.0 Å². The lowest BCUT2D eigenvalue weighted by molar-refractivity contribution is -0.118. The van der Waals surface area contributed by atoms with Crippen molar-refractivity contribution in [3.8, 4) is 0 Å². The number of nitrogens with one attached hydrogen (secondary N) is 1. The van der Waals surface area contributed by atoms with E-state index in [4.69, 9.17) is 0 Å². The fourth-order valence-electron chi connectivity index (χ4n) is 4.90. The molecule has 0 radical (unpaired) electrons. The van der Waals surface area contributed by atoms with Crippen LogP contribution >= 0.6 is 15.9 Å². The molecule has 0 fully saturated rings. The summed E-state index contributed by atoms with van der Waals surface area (Å²) in [5.41, 5.74) is 3.78. The molecule has 1 amide bonds. The maximum atomic E-state index is 14.1. The van der Waals surface area contributed by atoms with Gasteiger partial charge in [0.25, 0.3) is 5.91 Å². The minimum Gasteiger partial charge on any atom is -0.357 e. The van der Waals surface area contributed by atoms with Gasteiger partial charge in [0.2, 0.25) is 0 Å². The average molecular weight is 519 g/mol. The number of carbonyl (C=O) groups excluding carboxylic acids is 2. The first-order valence-corrected chi connectivity index (χ1v) is 12.0. The molecule has 0 aromatic heterocycles. The molecule has 1 aliphatic carbocycles. The minimum atomic E-state index is -0.688. The number of allylic oxidation sites excluding steroid dienone is 1. The number of carbonyl (C=O) groups is 2. The molecule has 5 rings (SSSR count). The molecule has 3 aromatic rings. The molecule has 2 aliphatic rings. The number of Topliss-reactive ketones (excluding diaryl/α,β-unsaturated/α-hetero) is 1. The summed E-state index contributed by atoms with van der Waals surface area (Å²) < 4.78 is 14.7. The van der Waals surface area contributed by atoms with E-state index in [1.54, 1.807) is 29.2 Å². The highest BCUT2D eigenvalue weighted by atomic mass is 79.9. The monoisotopic (exact) mass is 518 g/mol. The van der Waals surface area contributed by atoms with Gasteiger partial charge in [-0.2, -0.15) is 0 Å². The zero-order valence-electron chi connectivity index (χ0n) is 18.9. The van der Waals surface area contributed by atoms with Gasteiger partial charge >= 0.3 is 0 Å². The van der Waals surface area contributed by atoms with E-state index in [1.165, 1.54) is 12.1 Å². The first kappa shape index (κ1) is 22.5. The zero-order chi connectivity index (χ0) is 24.0. The Hall–Kier alpha value is -3.25. The summed E-state index contributed by atoms with van der Waals surface area (Å²) in [5, 5.41) is 3.49. The van der Waals surface area contributed by atoms with Crippen molar-refractivity contribution in [3.63, 3.8) is 0 Å². The molecule has 0 bridgehead atoms. The fraction of sp³-hybridized carbons (Fsp3) is 0.214. The second kappa shape index (κ2) is 8.51. The van der Waals surface area contributed by atoms with Crippen LogP contribution in [0.4, 0.5) is 15.8 Å². The molecule has 0 saturated carbocycles. The van der Waals surface area contributed by atoms with Crippen LogP contribution in [-0.4, -0.2) is 11.7 Å². The van der Waals surface area contributed by atoms with Crippen LogP contribution in [0.5, 0.6) is 0 Å². The lowest BCUT2D eigenvalue weighted by Crippen LogP contribution is -2.39.